The summed E-state index contributed by atoms with van der Waals surface area (Å²) in [7, 11) is 0. The van der Waals surface area contributed by atoms with Crippen LogP contribution < -0.4 is 4.90 Å². The summed E-state index contributed by atoms with van der Waals surface area (Å²) in [4.78, 5) is 2.19. The van der Waals surface area contributed by atoms with Crippen molar-refractivity contribution < 1.29 is 5.11 Å². The minimum Gasteiger partial charge on any atom is -0.396 e. The van der Waals surface area contributed by atoms with E-state index < -0.39 is 0 Å². The van der Waals surface area contributed by atoms with Gasteiger partial charge in [-0.05, 0) is 41.3 Å². The van der Waals surface area contributed by atoms with E-state index in [4.69, 9.17) is 5.11 Å². The number of rotatable bonds is 4. The Morgan fingerprint density at radius 1 is 1.26 bits per heavy atom. The number of hydrogen-bond donors (Lipinski definition) is 1. The fraction of sp³-hybridized carbons (Fsp3) is 0.462. The molecule has 1 saturated heterocycles. The van der Waals surface area contributed by atoms with E-state index in [2.05, 4.69) is 20.4 Å². The van der Waals surface area contributed by atoms with Gasteiger partial charge < -0.3 is 10.0 Å². The molecule has 0 spiro atoms. The Balaban J connectivity index is 1.82. The van der Waals surface area contributed by atoms with Crippen LogP contribution in [-0.2, 0) is 0 Å². The van der Waals surface area contributed by atoms with Crippen LogP contribution in [0.5, 0.6) is 0 Å². The Morgan fingerprint density at radius 3 is 2.89 bits per heavy atom. The van der Waals surface area contributed by atoms with Crippen molar-refractivity contribution in [3.05, 3.63) is 30.3 Å². The molecule has 0 saturated carbocycles. The molecule has 1 aromatic carbocycles. The molecule has 3 rings (SSSR count). The van der Waals surface area contributed by atoms with Gasteiger partial charge >= 0.3 is 0 Å². The second-order valence-corrected chi connectivity index (χ2v) is 4.84. The van der Waals surface area contributed by atoms with Gasteiger partial charge in [-0.3, -0.25) is 0 Å². The Morgan fingerprint density at radius 2 is 2.11 bits per heavy atom. The van der Waals surface area contributed by atoms with Crippen LogP contribution in [0.2, 0.25) is 0 Å². The standard InChI is InChI=1S/C13H17N5O/c19-9-7-11-6-8-17(10-11)13-14-15-16-18(13)12-4-2-1-3-5-12/h1-5,11,19H,6-10H2. The summed E-state index contributed by atoms with van der Waals surface area (Å²) in [6.45, 7) is 2.10. The smallest absolute Gasteiger partial charge is 0.250 e. The summed E-state index contributed by atoms with van der Waals surface area (Å²) in [6, 6.07) is 9.89. The molecule has 2 aromatic rings. The lowest BCUT2D eigenvalue weighted by molar-refractivity contribution is 0.263. The van der Waals surface area contributed by atoms with E-state index in [0.717, 1.165) is 37.6 Å². The molecule has 6 heteroatoms. The molecule has 1 atom stereocenters. The van der Waals surface area contributed by atoms with Gasteiger partial charge in [0.15, 0.2) is 0 Å². The third kappa shape index (κ3) is 2.44. The van der Waals surface area contributed by atoms with E-state index in [1.165, 1.54) is 0 Å². The van der Waals surface area contributed by atoms with Crippen LogP contribution in [0.25, 0.3) is 5.69 Å². The van der Waals surface area contributed by atoms with Crippen molar-refractivity contribution in [2.45, 2.75) is 12.8 Å². The topological polar surface area (TPSA) is 67.1 Å². The highest BCUT2D eigenvalue weighted by Crippen LogP contribution is 2.24. The maximum absolute atomic E-state index is 9.01. The minimum atomic E-state index is 0.252. The third-order valence-corrected chi connectivity index (χ3v) is 3.56. The van der Waals surface area contributed by atoms with Crippen LogP contribution in [0.15, 0.2) is 30.3 Å². The van der Waals surface area contributed by atoms with Crippen LogP contribution in [0.3, 0.4) is 0 Å². The summed E-state index contributed by atoms with van der Waals surface area (Å²) in [5.74, 6) is 1.32. The first-order valence-electron chi connectivity index (χ1n) is 6.58. The van der Waals surface area contributed by atoms with Crippen LogP contribution in [0, 0.1) is 5.92 Å². The number of benzene rings is 1. The minimum absolute atomic E-state index is 0.252. The largest absolute Gasteiger partial charge is 0.396 e. The molecule has 0 aliphatic carbocycles. The predicted octanol–water partition coefficient (Wildman–Crippen LogP) is 0.871. The highest BCUT2D eigenvalue weighted by atomic mass is 16.3. The predicted molar refractivity (Wildman–Crippen MR) is 71.2 cm³/mol. The Kier molecular flexibility index (Phi) is 3.41. The zero-order valence-corrected chi connectivity index (χ0v) is 10.7. The molecule has 0 radical (unpaired) electrons. The average molecular weight is 259 g/mol. The Bertz CT molecular complexity index is 527. The van der Waals surface area contributed by atoms with Gasteiger partial charge in [0.25, 0.3) is 0 Å². The highest BCUT2D eigenvalue weighted by molar-refractivity contribution is 5.41. The second kappa shape index (κ2) is 5.36. The Labute approximate surface area is 111 Å². The maximum atomic E-state index is 9.01. The van der Waals surface area contributed by atoms with Crippen LogP contribution in [0.1, 0.15) is 12.8 Å². The molecule has 6 nitrogen and oxygen atoms in total. The first kappa shape index (κ1) is 12.1. The first-order chi connectivity index (χ1) is 9.38. The number of aliphatic hydroxyl groups is 1. The van der Waals surface area contributed by atoms with Gasteiger partial charge in [-0.1, -0.05) is 23.3 Å². The molecule has 0 bridgehead atoms. The molecule has 1 aliphatic rings. The zero-order valence-electron chi connectivity index (χ0n) is 10.7. The Hall–Kier alpha value is -1.95. The van der Waals surface area contributed by atoms with Gasteiger partial charge in [0.1, 0.15) is 0 Å². The lowest BCUT2D eigenvalue weighted by Gasteiger charge is -2.16. The summed E-state index contributed by atoms with van der Waals surface area (Å²) in [5, 5.41) is 21.0. The number of nitrogens with zero attached hydrogens (tertiary/aromatic N) is 5. The summed E-state index contributed by atoms with van der Waals surface area (Å²) in [5.41, 5.74) is 0.966. The van der Waals surface area contributed by atoms with Crippen LogP contribution in [-0.4, -0.2) is 45.0 Å². The molecule has 1 aliphatic heterocycles. The number of aliphatic hydroxyl groups excluding tert-OH is 1. The highest BCUT2D eigenvalue weighted by Gasteiger charge is 2.26. The van der Waals surface area contributed by atoms with Crippen molar-refractivity contribution in [2.24, 2.45) is 5.92 Å². The molecular formula is C13H17N5O. The van der Waals surface area contributed by atoms with E-state index in [9.17, 15) is 0 Å². The first-order valence-corrected chi connectivity index (χ1v) is 6.58. The zero-order chi connectivity index (χ0) is 13.1. The molecule has 1 fully saturated rings. The number of tetrazole rings is 1. The van der Waals surface area contributed by atoms with Crippen molar-refractivity contribution in [3.63, 3.8) is 0 Å². The van der Waals surface area contributed by atoms with Gasteiger partial charge in [0.2, 0.25) is 5.95 Å². The van der Waals surface area contributed by atoms with E-state index in [1.54, 1.807) is 4.68 Å². The molecule has 100 valence electrons. The average Bonchev–Trinajstić information content (AvgIpc) is 3.08. The molecule has 19 heavy (non-hydrogen) atoms. The quantitative estimate of drug-likeness (QED) is 0.882. The third-order valence-electron chi connectivity index (χ3n) is 3.56. The molecular weight excluding hydrogens is 242 g/mol. The van der Waals surface area contributed by atoms with Crippen molar-refractivity contribution in [3.8, 4) is 5.69 Å². The molecule has 0 amide bonds. The summed E-state index contributed by atoms with van der Waals surface area (Å²) in [6.07, 6.45) is 1.94. The second-order valence-electron chi connectivity index (χ2n) is 4.84. The number of anilines is 1. The van der Waals surface area contributed by atoms with Crippen molar-refractivity contribution >= 4 is 5.95 Å². The fourth-order valence-corrected chi connectivity index (χ4v) is 2.55. The summed E-state index contributed by atoms with van der Waals surface area (Å²) < 4.78 is 1.77. The molecule has 2 heterocycles. The lowest BCUT2D eigenvalue weighted by Crippen LogP contribution is -2.23. The molecule has 1 aromatic heterocycles. The summed E-state index contributed by atoms with van der Waals surface area (Å²) >= 11 is 0. The monoisotopic (exact) mass is 259 g/mol. The number of hydrogen-bond acceptors (Lipinski definition) is 5. The fourth-order valence-electron chi connectivity index (χ4n) is 2.55. The van der Waals surface area contributed by atoms with Gasteiger partial charge in [-0.25, -0.2) is 0 Å². The van der Waals surface area contributed by atoms with Crippen molar-refractivity contribution in [1.82, 2.24) is 20.2 Å². The van der Waals surface area contributed by atoms with Gasteiger partial charge in [-0.2, -0.15) is 4.68 Å². The van der Waals surface area contributed by atoms with Crippen LogP contribution in [0.4, 0.5) is 5.95 Å². The van der Waals surface area contributed by atoms with Crippen LogP contribution >= 0.6 is 0 Å². The van der Waals surface area contributed by atoms with Crippen molar-refractivity contribution in [2.75, 3.05) is 24.6 Å². The number of aromatic nitrogens is 4. The van der Waals surface area contributed by atoms with E-state index >= 15 is 0 Å². The maximum Gasteiger partial charge on any atom is 0.250 e. The number of para-hydroxylation sites is 1. The molecule has 1 unspecified atom stereocenters. The lowest BCUT2D eigenvalue weighted by atomic mass is 10.1. The van der Waals surface area contributed by atoms with E-state index in [1.807, 2.05) is 30.3 Å². The van der Waals surface area contributed by atoms with Crippen molar-refractivity contribution in [1.29, 1.82) is 0 Å². The van der Waals surface area contributed by atoms with Gasteiger partial charge in [-0.15, -0.1) is 0 Å². The SMILES string of the molecule is OCCC1CCN(c2nnnn2-c2ccccc2)C1. The van der Waals surface area contributed by atoms with E-state index in [-0.39, 0.29) is 6.61 Å². The normalized spacial score (nSPS) is 19.0. The van der Waals surface area contributed by atoms with E-state index in [0.29, 0.717) is 5.92 Å². The van der Waals surface area contributed by atoms with Gasteiger partial charge in [0, 0.05) is 19.7 Å². The molecule has 1 N–H and O–H groups in total. The van der Waals surface area contributed by atoms with Gasteiger partial charge in [0.05, 0.1) is 5.69 Å².